The predicted octanol–water partition coefficient (Wildman–Crippen LogP) is 4.24. The number of anilines is 1. The van der Waals surface area contributed by atoms with Gasteiger partial charge in [0.25, 0.3) is 0 Å². The summed E-state index contributed by atoms with van der Waals surface area (Å²) in [6.07, 6.45) is 0. The van der Waals surface area contributed by atoms with E-state index in [2.05, 4.69) is 5.32 Å². The highest BCUT2D eigenvalue weighted by atomic mass is 35.5. The van der Waals surface area contributed by atoms with E-state index in [0.717, 1.165) is 5.56 Å². The number of ether oxygens (including phenoxy) is 1. The van der Waals surface area contributed by atoms with Crippen molar-refractivity contribution in [2.75, 3.05) is 12.4 Å². The van der Waals surface area contributed by atoms with Gasteiger partial charge in [0.1, 0.15) is 17.4 Å². The van der Waals surface area contributed by atoms with Gasteiger partial charge < -0.3 is 10.1 Å². The molecule has 2 rings (SSSR count). The Balaban J connectivity index is 2.14. The van der Waals surface area contributed by atoms with Gasteiger partial charge in [0.15, 0.2) is 0 Å². The van der Waals surface area contributed by atoms with Crippen LogP contribution in [0, 0.1) is 11.6 Å². The van der Waals surface area contributed by atoms with Crippen molar-refractivity contribution in [3.8, 4) is 5.75 Å². The first-order valence-corrected chi connectivity index (χ1v) is 5.99. The van der Waals surface area contributed by atoms with Crippen molar-refractivity contribution >= 4 is 17.3 Å². The first kappa shape index (κ1) is 13.6. The van der Waals surface area contributed by atoms with Crippen LogP contribution in [-0.4, -0.2) is 7.11 Å². The SMILES string of the molecule is COc1cc(F)ccc1NCc1ccc(F)cc1Cl. The van der Waals surface area contributed by atoms with Crippen molar-refractivity contribution in [3.05, 3.63) is 58.6 Å². The fourth-order valence-corrected chi connectivity index (χ4v) is 1.90. The summed E-state index contributed by atoms with van der Waals surface area (Å²) in [5, 5.41) is 3.41. The first-order chi connectivity index (χ1) is 9.10. The molecule has 2 aromatic carbocycles. The number of nitrogens with one attached hydrogen (secondary N) is 1. The lowest BCUT2D eigenvalue weighted by Gasteiger charge is -2.12. The van der Waals surface area contributed by atoms with Gasteiger partial charge in [0.05, 0.1) is 12.8 Å². The van der Waals surface area contributed by atoms with Crippen LogP contribution in [0.2, 0.25) is 5.02 Å². The summed E-state index contributed by atoms with van der Waals surface area (Å²) in [6.45, 7) is 0.390. The van der Waals surface area contributed by atoms with Gasteiger partial charge in [-0.05, 0) is 29.8 Å². The summed E-state index contributed by atoms with van der Waals surface area (Å²) in [5.74, 6) is -0.353. The number of methoxy groups -OCH3 is 1. The fourth-order valence-electron chi connectivity index (χ4n) is 1.67. The largest absolute Gasteiger partial charge is 0.494 e. The third kappa shape index (κ3) is 3.35. The van der Waals surface area contributed by atoms with Gasteiger partial charge in [-0.15, -0.1) is 0 Å². The Morgan fingerprint density at radius 2 is 1.79 bits per heavy atom. The van der Waals surface area contributed by atoms with Crippen molar-refractivity contribution in [1.82, 2.24) is 0 Å². The molecule has 100 valence electrons. The molecule has 0 amide bonds. The van der Waals surface area contributed by atoms with Crippen molar-refractivity contribution in [2.24, 2.45) is 0 Å². The lowest BCUT2D eigenvalue weighted by atomic mass is 10.2. The molecular weight excluding hydrogens is 272 g/mol. The van der Waals surface area contributed by atoms with Crippen LogP contribution in [-0.2, 0) is 6.54 Å². The van der Waals surface area contributed by atoms with E-state index in [1.54, 1.807) is 12.1 Å². The second-order valence-electron chi connectivity index (χ2n) is 3.93. The minimum absolute atomic E-state index is 0.341. The topological polar surface area (TPSA) is 21.3 Å². The number of halogens is 3. The van der Waals surface area contributed by atoms with E-state index in [1.807, 2.05) is 0 Å². The van der Waals surface area contributed by atoms with Gasteiger partial charge in [-0.3, -0.25) is 0 Å². The van der Waals surface area contributed by atoms with E-state index in [0.29, 0.717) is 23.0 Å². The van der Waals surface area contributed by atoms with Gasteiger partial charge in [-0.2, -0.15) is 0 Å². The van der Waals surface area contributed by atoms with E-state index in [4.69, 9.17) is 16.3 Å². The minimum atomic E-state index is -0.381. The summed E-state index contributed by atoms with van der Waals surface area (Å²) >= 11 is 5.92. The van der Waals surface area contributed by atoms with Gasteiger partial charge in [-0.1, -0.05) is 17.7 Å². The number of hydrogen-bond acceptors (Lipinski definition) is 2. The van der Waals surface area contributed by atoms with Crippen LogP contribution in [0.3, 0.4) is 0 Å². The van der Waals surface area contributed by atoms with E-state index in [-0.39, 0.29) is 11.6 Å². The Kier molecular flexibility index (Phi) is 4.22. The molecule has 1 N–H and O–H groups in total. The monoisotopic (exact) mass is 283 g/mol. The van der Waals surface area contributed by atoms with Crippen molar-refractivity contribution in [2.45, 2.75) is 6.54 Å². The van der Waals surface area contributed by atoms with Crippen LogP contribution in [0.25, 0.3) is 0 Å². The maximum Gasteiger partial charge on any atom is 0.144 e. The highest BCUT2D eigenvalue weighted by Gasteiger charge is 2.06. The molecule has 19 heavy (non-hydrogen) atoms. The molecule has 0 aliphatic rings. The minimum Gasteiger partial charge on any atom is -0.494 e. The molecule has 0 aliphatic heterocycles. The van der Waals surface area contributed by atoms with Gasteiger partial charge in [-0.25, -0.2) is 8.78 Å². The molecule has 0 aromatic heterocycles. The molecule has 5 heteroatoms. The highest BCUT2D eigenvalue weighted by Crippen LogP contribution is 2.26. The summed E-state index contributed by atoms with van der Waals surface area (Å²) in [6, 6.07) is 8.38. The molecule has 0 heterocycles. The van der Waals surface area contributed by atoms with Crippen LogP contribution in [0.4, 0.5) is 14.5 Å². The lowest BCUT2D eigenvalue weighted by Crippen LogP contribution is -2.02. The smallest absolute Gasteiger partial charge is 0.144 e. The molecule has 2 nitrogen and oxygen atoms in total. The molecule has 0 fully saturated rings. The zero-order valence-corrected chi connectivity index (χ0v) is 11.0. The average molecular weight is 284 g/mol. The first-order valence-electron chi connectivity index (χ1n) is 5.61. The Morgan fingerprint density at radius 1 is 1.11 bits per heavy atom. The van der Waals surface area contributed by atoms with E-state index in [9.17, 15) is 8.78 Å². The molecule has 0 atom stereocenters. The van der Waals surface area contributed by atoms with Crippen LogP contribution in [0.5, 0.6) is 5.75 Å². The third-order valence-corrected chi connectivity index (χ3v) is 3.00. The summed E-state index contributed by atoms with van der Waals surface area (Å²) < 4.78 is 31.0. The molecule has 2 aromatic rings. The normalized spacial score (nSPS) is 10.3. The van der Waals surface area contributed by atoms with Gasteiger partial charge in [0, 0.05) is 17.6 Å². The summed E-state index contributed by atoms with van der Waals surface area (Å²) in [7, 11) is 1.46. The maximum absolute atomic E-state index is 13.0. The summed E-state index contributed by atoms with van der Waals surface area (Å²) in [5.41, 5.74) is 1.39. The second-order valence-corrected chi connectivity index (χ2v) is 4.34. The van der Waals surface area contributed by atoms with Gasteiger partial charge >= 0.3 is 0 Å². The molecular formula is C14H12ClF2NO. The third-order valence-electron chi connectivity index (χ3n) is 2.65. The Labute approximate surface area is 115 Å². The maximum atomic E-state index is 13.0. The summed E-state index contributed by atoms with van der Waals surface area (Å²) in [4.78, 5) is 0. The number of benzene rings is 2. The quantitative estimate of drug-likeness (QED) is 0.906. The Bertz CT molecular complexity index is 590. The van der Waals surface area contributed by atoms with Crippen LogP contribution < -0.4 is 10.1 Å². The molecule has 0 aliphatic carbocycles. The zero-order chi connectivity index (χ0) is 13.8. The molecule has 0 saturated heterocycles. The van der Waals surface area contributed by atoms with Crippen molar-refractivity contribution in [3.63, 3.8) is 0 Å². The van der Waals surface area contributed by atoms with Crippen LogP contribution >= 0.6 is 11.6 Å². The fraction of sp³-hybridized carbons (Fsp3) is 0.143. The van der Waals surface area contributed by atoms with E-state index >= 15 is 0 Å². The predicted molar refractivity (Wildman–Crippen MR) is 71.7 cm³/mol. The van der Waals surface area contributed by atoms with Gasteiger partial charge in [0.2, 0.25) is 0 Å². The average Bonchev–Trinajstić information content (AvgIpc) is 2.39. The van der Waals surface area contributed by atoms with E-state index < -0.39 is 0 Å². The standard InChI is InChI=1S/C14H12ClF2NO/c1-19-14-7-11(17)4-5-13(14)18-8-9-2-3-10(16)6-12(9)15/h2-7,18H,8H2,1H3. The van der Waals surface area contributed by atoms with Crippen LogP contribution in [0.15, 0.2) is 36.4 Å². The molecule has 0 spiro atoms. The Hall–Kier alpha value is -1.81. The molecule has 0 radical (unpaired) electrons. The second kappa shape index (κ2) is 5.89. The van der Waals surface area contributed by atoms with Crippen LogP contribution in [0.1, 0.15) is 5.56 Å². The van der Waals surface area contributed by atoms with Crippen molar-refractivity contribution < 1.29 is 13.5 Å². The lowest BCUT2D eigenvalue weighted by molar-refractivity contribution is 0.413. The number of rotatable bonds is 4. The van der Waals surface area contributed by atoms with E-state index in [1.165, 1.54) is 31.4 Å². The van der Waals surface area contributed by atoms with Crippen molar-refractivity contribution in [1.29, 1.82) is 0 Å². The zero-order valence-electron chi connectivity index (χ0n) is 10.2. The molecule has 0 bridgehead atoms. The number of hydrogen-bond donors (Lipinski definition) is 1. The Morgan fingerprint density at radius 3 is 2.47 bits per heavy atom. The highest BCUT2D eigenvalue weighted by molar-refractivity contribution is 6.31. The molecule has 0 unspecified atom stereocenters. The molecule has 0 saturated carbocycles.